The van der Waals surface area contributed by atoms with Crippen molar-refractivity contribution in [2.24, 2.45) is 5.73 Å². The summed E-state index contributed by atoms with van der Waals surface area (Å²) >= 11 is 0. The fourth-order valence-corrected chi connectivity index (χ4v) is 4.38. The average Bonchev–Trinajstić information content (AvgIpc) is 2.81. The van der Waals surface area contributed by atoms with E-state index in [1.165, 1.54) is 49.4 Å². The number of hydrogen-bond acceptors (Lipinski definition) is 5. The summed E-state index contributed by atoms with van der Waals surface area (Å²) in [6.07, 6.45) is 0. The Bertz CT molecular complexity index is 1010. The molecule has 3 rings (SSSR count). The van der Waals surface area contributed by atoms with E-state index < -0.39 is 33.8 Å². The van der Waals surface area contributed by atoms with Gasteiger partial charge in [-0.15, -0.1) is 0 Å². The van der Waals surface area contributed by atoms with Crippen LogP contribution in [0.15, 0.2) is 53.4 Å². The first kappa shape index (κ1) is 17.6. The van der Waals surface area contributed by atoms with Crippen molar-refractivity contribution in [3.05, 3.63) is 59.7 Å². The first-order chi connectivity index (χ1) is 12.2. The predicted molar refractivity (Wildman–Crippen MR) is 92.8 cm³/mol. The second kappa shape index (κ2) is 6.26. The molecular weight excluding hydrogens is 358 g/mol. The van der Waals surface area contributed by atoms with Gasteiger partial charge in [-0.05, 0) is 43.3 Å². The number of anilines is 1. The predicted octanol–water partition coefficient (Wildman–Crippen LogP) is 0.957. The van der Waals surface area contributed by atoms with Crippen LogP contribution in [0.2, 0.25) is 0 Å². The number of amides is 3. The number of rotatable bonds is 4. The van der Waals surface area contributed by atoms with Crippen LogP contribution in [-0.2, 0) is 14.8 Å². The van der Waals surface area contributed by atoms with Gasteiger partial charge in [0.05, 0.1) is 5.56 Å². The van der Waals surface area contributed by atoms with Gasteiger partial charge in [0, 0.05) is 11.3 Å². The SMILES string of the molecule is C[C@@H](C(=O)Nc1ccc(C(N)=O)cc1)N1C(=O)c2ccccc2S1(=O)=O. The van der Waals surface area contributed by atoms with Crippen molar-refractivity contribution in [2.45, 2.75) is 17.9 Å². The van der Waals surface area contributed by atoms with Crippen molar-refractivity contribution >= 4 is 33.4 Å². The van der Waals surface area contributed by atoms with E-state index in [2.05, 4.69) is 5.32 Å². The summed E-state index contributed by atoms with van der Waals surface area (Å²) in [5, 5.41) is 2.52. The molecule has 1 aliphatic heterocycles. The van der Waals surface area contributed by atoms with Gasteiger partial charge in [-0.1, -0.05) is 12.1 Å². The molecule has 8 nitrogen and oxygen atoms in total. The monoisotopic (exact) mass is 373 g/mol. The van der Waals surface area contributed by atoms with Crippen molar-refractivity contribution < 1.29 is 22.8 Å². The molecule has 0 aromatic heterocycles. The summed E-state index contributed by atoms with van der Waals surface area (Å²) in [6, 6.07) is 10.3. The third kappa shape index (κ3) is 2.82. The van der Waals surface area contributed by atoms with Crippen LogP contribution in [0, 0.1) is 0 Å². The topological polar surface area (TPSA) is 127 Å². The van der Waals surface area contributed by atoms with Crippen LogP contribution in [0.25, 0.3) is 0 Å². The Morgan fingerprint density at radius 2 is 1.69 bits per heavy atom. The third-order valence-corrected chi connectivity index (χ3v) is 5.93. The van der Waals surface area contributed by atoms with E-state index in [4.69, 9.17) is 5.73 Å². The Balaban J connectivity index is 1.83. The van der Waals surface area contributed by atoms with Crippen LogP contribution in [-0.4, -0.2) is 36.5 Å². The lowest BCUT2D eigenvalue weighted by Gasteiger charge is -2.22. The average molecular weight is 373 g/mol. The lowest BCUT2D eigenvalue weighted by atomic mass is 10.2. The van der Waals surface area contributed by atoms with E-state index in [0.29, 0.717) is 9.99 Å². The number of sulfonamides is 1. The van der Waals surface area contributed by atoms with Crippen LogP contribution in [0.4, 0.5) is 5.69 Å². The molecule has 3 N–H and O–H groups in total. The minimum absolute atomic E-state index is 0.0398. The van der Waals surface area contributed by atoms with Gasteiger partial charge in [-0.2, -0.15) is 0 Å². The number of benzene rings is 2. The molecule has 9 heteroatoms. The Kier molecular flexibility index (Phi) is 4.25. The van der Waals surface area contributed by atoms with Gasteiger partial charge < -0.3 is 11.1 Å². The highest BCUT2D eigenvalue weighted by atomic mass is 32.2. The maximum absolute atomic E-state index is 12.6. The van der Waals surface area contributed by atoms with Crippen molar-refractivity contribution in [1.29, 1.82) is 0 Å². The minimum Gasteiger partial charge on any atom is -0.366 e. The van der Waals surface area contributed by atoms with E-state index in [1.54, 1.807) is 6.07 Å². The summed E-state index contributed by atoms with van der Waals surface area (Å²) in [4.78, 5) is 35.8. The Morgan fingerprint density at radius 1 is 1.08 bits per heavy atom. The molecule has 3 amide bonds. The van der Waals surface area contributed by atoms with E-state index in [1.807, 2.05) is 0 Å². The molecule has 0 saturated heterocycles. The molecule has 134 valence electrons. The maximum atomic E-state index is 12.6. The molecule has 1 aliphatic rings. The molecule has 0 spiro atoms. The van der Waals surface area contributed by atoms with E-state index in [0.717, 1.165) is 0 Å². The van der Waals surface area contributed by atoms with Crippen molar-refractivity contribution in [3.8, 4) is 0 Å². The summed E-state index contributed by atoms with van der Waals surface area (Å²) < 4.78 is 25.7. The highest BCUT2D eigenvalue weighted by Gasteiger charge is 2.45. The van der Waals surface area contributed by atoms with Gasteiger partial charge in [-0.25, -0.2) is 12.7 Å². The normalized spacial score (nSPS) is 16.0. The maximum Gasteiger partial charge on any atom is 0.269 e. The molecule has 2 aromatic rings. The zero-order valence-corrected chi connectivity index (χ0v) is 14.5. The van der Waals surface area contributed by atoms with Crippen molar-refractivity contribution in [1.82, 2.24) is 4.31 Å². The highest BCUT2D eigenvalue weighted by molar-refractivity contribution is 7.90. The molecule has 0 fully saturated rings. The number of hydrogen-bond donors (Lipinski definition) is 2. The number of fused-ring (bicyclic) bond motifs is 1. The number of carbonyl (C=O) groups excluding carboxylic acids is 3. The Labute approximate surface area is 149 Å². The lowest BCUT2D eigenvalue weighted by molar-refractivity contribution is -0.118. The largest absolute Gasteiger partial charge is 0.366 e. The number of nitrogens with two attached hydrogens (primary N) is 1. The molecule has 0 unspecified atom stereocenters. The molecule has 26 heavy (non-hydrogen) atoms. The summed E-state index contributed by atoms with van der Waals surface area (Å²) in [7, 11) is -4.09. The molecule has 2 aromatic carbocycles. The molecule has 1 atom stereocenters. The number of primary amides is 1. The molecular formula is C17H15N3O5S. The number of nitrogens with zero attached hydrogens (tertiary/aromatic N) is 1. The second-order valence-corrected chi connectivity index (χ2v) is 7.49. The van der Waals surface area contributed by atoms with Crippen molar-refractivity contribution in [2.75, 3.05) is 5.32 Å². The molecule has 0 bridgehead atoms. The van der Waals surface area contributed by atoms with Gasteiger partial charge in [-0.3, -0.25) is 14.4 Å². The fourth-order valence-electron chi connectivity index (χ4n) is 2.66. The van der Waals surface area contributed by atoms with Gasteiger partial charge in [0.2, 0.25) is 11.8 Å². The van der Waals surface area contributed by atoms with Gasteiger partial charge in [0.1, 0.15) is 10.9 Å². The zero-order valence-electron chi connectivity index (χ0n) is 13.7. The van der Waals surface area contributed by atoms with Crippen LogP contribution in [0.3, 0.4) is 0 Å². The van der Waals surface area contributed by atoms with E-state index >= 15 is 0 Å². The smallest absolute Gasteiger partial charge is 0.269 e. The van der Waals surface area contributed by atoms with Gasteiger partial charge in [0.15, 0.2) is 0 Å². The zero-order chi connectivity index (χ0) is 19.1. The van der Waals surface area contributed by atoms with Gasteiger partial charge >= 0.3 is 0 Å². The molecule has 1 heterocycles. The van der Waals surface area contributed by atoms with E-state index in [9.17, 15) is 22.8 Å². The first-order valence-corrected chi connectivity index (χ1v) is 9.06. The lowest BCUT2D eigenvalue weighted by Crippen LogP contribution is -2.45. The second-order valence-electron chi connectivity index (χ2n) is 5.71. The van der Waals surface area contributed by atoms with Gasteiger partial charge in [0.25, 0.3) is 15.9 Å². The van der Waals surface area contributed by atoms with Crippen molar-refractivity contribution in [3.63, 3.8) is 0 Å². The highest BCUT2D eigenvalue weighted by Crippen LogP contribution is 2.31. The molecule has 0 radical (unpaired) electrons. The quantitative estimate of drug-likeness (QED) is 0.825. The van der Waals surface area contributed by atoms with Crippen LogP contribution >= 0.6 is 0 Å². The minimum atomic E-state index is -4.09. The molecule has 0 aliphatic carbocycles. The summed E-state index contributed by atoms with van der Waals surface area (Å²) in [5.74, 6) is -2.03. The Hall–Kier alpha value is -3.20. The first-order valence-electron chi connectivity index (χ1n) is 7.62. The molecule has 0 saturated carbocycles. The van der Waals surface area contributed by atoms with Crippen LogP contribution < -0.4 is 11.1 Å². The van der Waals surface area contributed by atoms with Crippen LogP contribution in [0.1, 0.15) is 27.6 Å². The summed E-state index contributed by atoms with van der Waals surface area (Å²) in [6.45, 7) is 1.33. The standard InChI is InChI=1S/C17H15N3O5S/c1-10(16(22)19-12-8-6-11(7-9-12)15(18)21)20-17(23)13-4-2-3-5-14(13)26(20,24)25/h2-10H,1H3,(H2,18,21)(H,19,22)/t10-/m0/s1. The van der Waals surface area contributed by atoms with E-state index in [-0.39, 0.29) is 16.0 Å². The third-order valence-electron chi connectivity index (χ3n) is 4.02. The fraction of sp³-hybridized carbons (Fsp3) is 0.118. The summed E-state index contributed by atoms with van der Waals surface area (Å²) in [5.41, 5.74) is 5.79. The van der Waals surface area contributed by atoms with Crippen LogP contribution in [0.5, 0.6) is 0 Å². The number of carbonyl (C=O) groups is 3. The Morgan fingerprint density at radius 3 is 2.27 bits per heavy atom. The number of nitrogens with one attached hydrogen (secondary N) is 1.